The Labute approximate surface area is 154 Å². The topological polar surface area (TPSA) is 59.3 Å². The molecular weight excluding hydrogens is 324 g/mol. The van der Waals surface area contributed by atoms with E-state index in [1.54, 1.807) is 10.7 Å². The van der Waals surface area contributed by atoms with E-state index in [9.17, 15) is 4.79 Å². The minimum atomic E-state index is -0.118. The number of aryl methyl sites for hydroxylation is 3. The van der Waals surface area contributed by atoms with Crippen molar-refractivity contribution in [3.8, 4) is 0 Å². The van der Waals surface area contributed by atoms with E-state index < -0.39 is 0 Å². The highest BCUT2D eigenvalue weighted by molar-refractivity contribution is 5.99. The molecule has 2 aromatic heterocycles. The maximum Gasteiger partial charge on any atom is 0.256 e. The highest BCUT2D eigenvalue weighted by Gasteiger charge is 2.19. The highest BCUT2D eigenvalue weighted by Crippen LogP contribution is 2.21. The number of aromatic nitrogens is 3. The van der Waals surface area contributed by atoms with E-state index in [0.29, 0.717) is 11.2 Å². The van der Waals surface area contributed by atoms with E-state index in [2.05, 4.69) is 41.6 Å². The van der Waals surface area contributed by atoms with Crippen LogP contribution in [0.5, 0.6) is 0 Å². The molecular formula is C21H26N4O. The lowest BCUT2D eigenvalue weighted by atomic mass is 9.99. The molecule has 0 bridgehead atoms. The van der Waals surface area contributed by atoms with Crippen molar-refractivity contribution in [2.45, 2.75) is 53.5 Å². The molecule has 1 atom stereocenters. The zero-order valence-corrected chi connectivity index (χ0v) is 16.1. The van der Waals surface area contributed by atoms with Crippen molar-refractivity contribution in [2.75, 3.05) is 0 Å². The van der Waals surface area contributed by atoms with Gasteiger partial charge in [0, 0.05) is 23.9 Å². The lowest BCUT2D eigenvalue weighted by molar-refractivity contribution is 0.0940. The molecule has 1 unspecified atom stereocenters. The molecule has 5 nitrogen and oxygen atoms in total. The molecule has 1 amide bonds. The van der Waals surface area contributed by atoms with Crippen molar-refractivity contribution < 1.29 is 4.79 Å². The molecule has 0 saturated carbocycles. The summed E-state index contributed by atoms with van der Waals surface area (Å²) in [7, 11) is 0. The van der Waals surface area contributed by atoms with Crippen LogP contribution in [0.3, 0.4) is 0 Å². The van der Waals surface area contributed by atoms with Gasteiger partial charge in [0.05, 0.1) is 6.20 Å². The van der Waals surface area contributed by atoms with Gasteiger partial charge in [0.2, 0.25) is 0 Å². The Morgan fingerprint density at radius 1 is 1.23 bits per heavy atom. The summed E-state index contributed by atoms with van der Waals surface area (Å²) in [6.07, 6.45) is 3.31. The number of hydrogen-bond donors (Lipinski definition) is 1. The van der Waals surface area contributed by atoms with Gasteiger partial charge in [-0.25, -0.2) is 9.50 Å². The van der Waals surface area contributed by atoms with Crippen molar-refractivity contribution in [3.05, 3.63) is 64.1 Å². The van der Waals surface area contributed by atoms with E-state index in [1.165, 1.54) is 11.1 Å². The van der Waals surface area contributed by atoms with Crippen LogP contribution in [0.15, 0.2) is 30.5 Å². The monoisotopic (exact) mass is 350 g/mol. The molecule has 3 aromatic rings. The summed E-state index contributed by atoms with van der Waals surface area (Å²) >= 11 is 0. The van der Waals surface area contributed by atoms with Crippen molar-refractivity contribution >= 4 is 11.6 Å². The normalized spacial score (nSPS) is 12.3. The molecule has 0 aliphatic heterocycles. The molecule has 136 valence electrons. The summed E-state index contributed by atoms with van der Waals surface area (Å²) in [6, 6.07) is 8.50. The summed E-state index contributed by atoms with van der Waals surface area (Å²) < 4.78 is 1.78. The zero-order valence-electron chi connectivity index (χ0n) is 16.1. The van der Waals surface area contributed by atoms with Gasteiger partial charge in [-0.15, -0.1) is 0 Å². The molecule has 26 heavy (non-hydrogen) atoms. The summed E-state index contributed by atoms with van der Waals surface area (Å²) in [5.41, 5.74) is 6.81. The molecule has 0 aliphatic rings. The molecule has 0 radical (unpaired) electrons. The van der Waals surface area contributed by atoms with Crippen LogP contribution in [-0.2, 0) is 6.42 Å². The molecule has 5 heteroatoms. The Balaban J connectivity index is 2.02. The number of amides is 1. The molecule has 2 heterocycles. The third-order valence-corrected chi connectivity index (χ3v) is 5.07. The third kappa shape index (κ3) is 3.34. The maximum atomic E-state index is 12.5. The second-order valence-electron chi connectivity index (χ2n) is 6.94. The minimum Gasteiger partial charge on any atom is -0.349 e. The molecule has 0 saturated heterocycles. The summed E-state index contributed by atoms with van der Waals surface area (Å²) in [4.78, 5) is 17.2. The SMILES string of the molecule is CCC(C)NC(=O)c1cnn2c(C)c(Cc3ccccc3C)c(C)nc12. The Morgan fingerprint density at radius 2 is 1.96 bits per heavy atom. The largest absolute Gasteiger partial charge is 0.349 e. The number of nitrogens with zero attached hydrogens (tertiary/aromatic N) is 3. The van der Waals surface area contributed by atoms with Gasteiger partial charge in [0.1, 0.15) is 5.56 Å². The second kappa shape index (κ2) is 7.28. The van der Waals surface area contributed by atoms with Crippen molar-refractivity contribution in [1.29, 1.82) is 0 Å². The van der Waals surface area contributed by atoms with Gasteiger partial charge in [-0.3, -0.25) is 4.79 Å². The van der Waals surface area contributed by atoms with Gasteiger partial charge in [0.25, 0.3) is 5.91 Å². The predicted octanol–water partition coefficient (Wildman–Crippen LogP) is 3.77. The van der Waals surface area contributed by atoms with Crippen LogP contribution in [0.25, 0.3) is 5.65 Å². The first-order valence-corrected chi connectivity index (χ1v) is 9.11. The van der Waals surface area contributed by atoms with Gasteiger partial charge in [0.15, 0.2) is 5.65 Å². The first-order valence-electron chi connectivity index (χ1n) is 9.11. The summed E-state index contributed by atoms with van der Waals surface area (Å²) in [5, 5.41) is 7.42. The average molecular weight is 350 g/mol. The molecule has 0 aliphatic carbocycles. The molecule has 1 aromatic carbocycles. The number of hydrogen-bond acceptors (Lipinski definition) is 3. The van der Waals surface area contributed by atoms with E-state index >= 15 is 0 Å². The second-order valence-corrected chi connectivity index (χ2v) is 6.94. The fourth-order valence-corrected chi connectivity index (χ4v) is 3.13. The highest BCUT2D eigenvalue weighted by atomic mass is 16.1. The average Bonchev–Trinajstić information content (AvgIpc) is 3.03. The smallest absolute Gasteiger partial charge is 0.256 e. The van der Waals surface area contributed by atoms with Gasteiger partial charge >= 0.3 is 0 Å². The Bertz CT molecular complexity index is 958. The summed E-state index contributed by atoms with van der Waals surface area (Å²) in [5.74, 6) is -0.118. The quantitative estimate of drug-likeness (QED) is 0.762. The number of rotatable bonds is 5. The van der Waals surface area contributed by atoms with E-state index in [1.807, 2.05) is 27.7 Å². The molecule has 0 fully saturated rings. The molecule has 1 N–H and O–H groups in total. The van der Waals surface area contributed by atoms with Gasteiger partial charge in [-0.2, -0.15) is 5.10 Å². The van der Waals surface area contributed by atoms with Crippen LogP contribution in [0, 0.1) is 20.8 Å². The standard InChI is InChI=1S/C21H26N4O/c1-6-14(3)23-21(26)19-12-22-25-16(5)18(15(4)24-20(19)25)11-17-10-8-7-9-13(17)2/h7-10,12,14H,6,11H2,1-5H3,(H,23,26). The van der Waals surface area contributed by atoms with Crippen molar-refractivity contribution in [3.63, 3.8) is 0 Å². The Kier molecular flexibility index (Phi) is 5.07. The Hall–Kier alpha value is -2.69. The number of benzene rings is 1. The van der Waals surface area contributed by atoms with E-state index in [0.717, 1.165) is 29.8 Å². The fourth-order valence-electron chi connectivity index (χ4n) is 3.13. The number of carbonyl (C=O) groups excluding carboxylic acids is 1. The van der Waals surface area contributed by atoms with E-state index in [4.69, 9.17) is 4.98 Å². The van der Waals surface area contributed by atoms with Crippen LogP contribution < -0.4 is 5.32 Å². The number of fused-ring (bicyclic) bond motifs is 1. The first kappa shape index (κ1) is 18.1. The lowest BCUT2D eigenvalue weighted by Crippen LogP contribution is -2.31. The maximum absolute atomic E-state index is 12.5. The van der Waals surface area contributed by atoms with Crippen LogP contribution in [-0.4, -0.2) is 26.5 Å². The molecule has 0 spiro atoms. The first-order chi connectivity index (χ1) is 12.4. The van der Waals surface area contributed by atoms with Gasteiger partial charge in [-0.1, -0.05) is 31.2 Å². The van der Waals surface area contributed by atoms with Crippen LogP contribution >= 0.6 is 0 Å². The van der Waals surface area contributed by atoms with Gasteiger partial charge < -0.3 is 5.32 Å². The predicted molar refractivity (Wildman–Crippen MR) is 104 cm³/mol. The lowest BCUT2D eigenvalue weighted by Gasteiger charge is -2.14. The van der Waals surface area contributed by atoms with Crippen molar-refractivity contribution in [1.82, 2.24) is 19.9 Å². The minimum absolute atomic E-state index is 0.118. The molecule has 3 rings (SSSR count). The van der Waals surface area contributed by atoms with Gasteiger partial charge in [-0.05, 0) is 50.8 Å². The Morgan fingerprint density at radius 3 is 2.65 bits per heavy atom. The number of carbonyl (C=O) groups is 1. The van der Waals surface area contributed by atoms with Crippen molar-refractivity contribution in [2.24, 2.45) is 0 Å². The summed E-state index contributed by atoms with van der Waals surface area (Å²) in [6.45, 7) is 10.2. The van der Waals surface area contributed by atoms with Crippen LogP contribution in [0.2, 0.25) is 0 Å². The van der Waals surface area contributed by atoms with E-state index in [-0.39, 0.29) is 11.9 Å². The van der Waals surface area contributed by atoms with Crippen LogP contribution in [0.4, 0.5) is 0 Å². The zero-order chi connectivity index (χ0) is 18.8. The third-order valence-electron chi connectivity index (χ3n) is 5.07. The number of nitrogens with one attached hydrogen (secondary N) is 1. The van der Waals surface area contributed by atoms with Crippen LogP contribution in [0.1, 0.15) is 58.7 Å². The fraction of sp³-hybridized carbons (Fsp3) is 0.381.